The van der Waals surface area contributed by atoms with Crippen molar-refractivity contribution in [3.63, 3.8) is 0 Å². The van der Waals surface area contributed by atoms with Crippen LogP contribution in [-0.4, -0.2) is 88.6 Å². The number of hydrogen-bond donors (Lipinski definition) is 10. The molecule has 190 valence electrons. The molecule has 0 aromatic heterocycles. The highest BCUT2D eigenvalue weighted by Crippen LogP contribution is 2.57. The van der Waals surface area contributed by atoms with Gasteiger partial charge in [0.2, 0.25) is 5.79 Å². The zero-order valence-electron chi connectivity index (χ0n) is 18.1. The van der Waals surface area contributed by atoms with Gasteiger partial charge in [-0.3, -0.25) is 4.79 Å². The lowest BCUT2D eigenvalue weighted by Crippen LogP contribution is -2.63. The molecule has 2 aromatic carbocycles. The topological polar surface area (TPSA) is 238 Å². The Morgan fingerprint density at radius 3 is 2.17 bits per heavy atom. The quantitative estimate of drug-likeness (QED) is 0.122. The minimum atomic E-state index is -3.19. The Bertz CT molecular complexity index is 1180. The number of aliphatic hydroxyl groups excluding tert-OH is 6. The molecule has 0 amide bonds. The highest BCUT2D eigenvalue weighted by atomic mass is 16.7. The molecule has 1 aliphatic heterocycles. The lowest BCUT2D eigenvalue weighted by atomic mass is 9.76. The number of phenolic OH excluding ortho intramolecular Hbond substituents is 3. The van der Waals surface area contributed by atoms with E-state index < -0.39 is 83.0 Å². The molecular weight excluding hydrogens is 472 g/mol. The van der Waals surface area contributed by atoms with Crippen LogP contribution < -0.4 is 4.74 Å². The molecule has 10 N–H and O–H groups in total. The predicted octanol–water partition coefficient (Wildman–Crippen LogP) is -2.26. The van der Waals surface area contributed by atoms with Crippen LogP contribution in [0.3, 0.4) is 0 Å². The maximum Gasteiger partial charge on any atom is 0.298 e. The molecule has 7 atom stereocenters. The number of carbonyl (C=O) groups is 1. The molecule has 1 saturated heterocycles. The standard InChI is InChI=1S/C22H24O13/c1-6-2-7(34-5-24)3-8-10(6)16(27)12-11(14(8)25)18(29)19(30)13(17(12)28)22(33)21(32)20(31)15(26)9(4-23)35-22/h2-3,5,9,14-16,20-21,23,25-33H,4H2,1H3/t9-,14?,15-,16?,20+,21-,22-/m0/s1. The van der Waals surface area contributed by atoms with Crippen LogP contribution in [-0.2, 0) is 15.3 Å². The third-order valence-corrected chi connectivity index (χ3v) is 6.51. The van der Waals surface area contributed by atoms with E-state index in [4.69, 9.17) is 9.47 Å². The summed E-state index contributed by atoms with van der Waals surface area (Å²) >= 11 is 0. The monoisotopic (exact) mass is 496 g/mol. The first-order valence-electron chi connectivity index (χ1n) is 10.4. The molecule has 2 aromatic rings. The Kier molecular flexibility index (Phi) is 6.15. The Morgan fingerprint density at radius 1 is 0.943 bits per heavy atom. The molecule has 0 saturated carbocycles. The van der Waals surface area contributed by atoms with Crippen LogP contribution in [0.4, 0.5) is 0 Å². The van der Waals surface area contributed by atoms with Gasteiger partial charge in [-0.15, -0.1) is 0 Å². The minimum absolute atomic E-state index is 0.00568. The Labute approximate surface area is 196 Å². The van der Waals surface area contributed by atoms with Gasteiger partial charge in [-0.1, -0.05) is 0 Å². The van der Waals surface area contributed by atoms with Gasteiger partial charge in [0.1, 0.15) is 53.7 Å². The van der Waals surface area contributed by atoms with Gasteiger partial charge in [-0.05, 0) is 35.7 Å². The third-order valence-electron chi connectivity index (χ3n) is 6.51. The molecule has 1 aliphatic carbocycles. The summed E-state index contributed by atoms with van der Waals surface area (Å²) in [6.45, 7) is 0.689. The molecule has 2 aliphatic rings. The molecule has 13 nitrogen and oxygen atoms in total. The average Bonchev–Trinajstić information content (AvgIpc) is 2.81. The van der Waals surface area contributed by atoms with Crippen molar-refractivity contribution in [1.29, 1.82) is 0 Å². The second kappa shape index (κ2) is 8.58. The van der Waals surface area contributed by atoms with Crippen LogP contribution in [0.2, 0.25) is 0 Å². The number of ether oxygens (including phenoxy) is 2. The lowest BCUT2D eigenvalue weighted by molar-refractivity contribution is -0.358. The number of hydrogen-bond acceptors (Lipinski definition) is 13. The number of aliphatic hydroxyl groups is 7. The fraction of sp³-hybridized carbons (Fsp3) is 0.409. The van der Waals surface area contributed by atoms with E-state index in [2.05, 4.69) is 0 Å². The second-order valence-corrected chi connectivity index (χ2v) is 8.47. The van der Waals surface area contributed by atoms with Crippen molar-refractivity contribution in [1.82, 2.24) is 0 Å². The zero-order valence-corrected chi connectivity index (χ0v) is 18.1. The highest BCUT2D eigenvalue weighted by molar-refractivity contribution is 5.70. The fourth-order valence-corrected chi connectivity index (χ4v) is 4.82. The summed E-state index contributed by atoms with van der Waals surface area (Å²) < 4.78 is 9.92. The number of fused-ring (bicyclic) bond motifs is 2. The summed E-state index contributed by atoms with van der Waals surface area (Å²) in [4.78, 5) is 10.7. The van der Waals surface area contributed by atoms with E-state index in [1.165, 1.54) is 19.1 Å². The zero-order chi connectivity index (χ0) is 26.0. The van der Waals surface area contributed by atoms with Crippen molar-refractivity contribution in [2.24, 2.45) is 0 Å². The largest absolute Gasteiger partial charge is 0.507 e. The smallest absolute Gasteiger partial charge is 0.298 e. The predicted molar refractivity (Wildman–Crippen MR) is 111 cm³/mol. The van der Waals surface area contributed by atoms with Crippen LogP contribution in [0.1, 0.15) is 45.6 Å². The summed E-state index contributed by atoms with van der Waals surface area (Å²) in [5.41, 5.74) is -1.87. The number of aryl methyl sites for hydroxylation is 1. The summed E-state index contributed by atoms with van der Waals surface area (Å²) in [5, 5.41) is 106. The van der Waals surface area contributed by atoms with Crippen molar-refractivity contribution in [3.8, 4) is 23.0 Å². The Hall–Kier alpha value is -3.01. The lowest BCUT2D eigenvalue weighted by Gasteiger charge is -2.46. The van der Waals surface area contributed by atoms with E-state index in [0.717, 1.165) is 0 Å². The maximum absolute atomic E-state index is 11.1. The number of phenols is 3. The van der Waals surface area contributed by atoms with Gasteiger partial charge in [0.15, 0.2) is 11.5 Å². The molecule has 1 fully saturated rings. The molecule has 2 unspecified atom stereocenters. The minimum Gasteiger partial charge on any atom is -0.507 e. The molecule has 0 bridgehead atoms. The average molecular weight is 496 g/mol. The highest BCUT2D eigenvalue weighted by Gasteiger charge is 2.57. The summed E-state index contributed by atoms with van der Waals surface area (Å²) in [7, 11) is 0. The first-order valence-corrected chi connectivity index (χ1v) is 10.4. The number of benzene rings is 2. The summed E-state index contributed by atoms with van der Waals surface area (Å²) in [5.74, 6) is -6.69. The summed E-state index contributed by atoms with van der Waals surface area (Å²) in [6.07, 6.45) is -11.6. The normalized spacial score (nSPS) is 32.0. The van der Waals surface area contributed by atoms with Gasteiger partial charge in [0.05, 0.1) is 6.61 Å². The number of rotatable bonds is 4. The molecule has 0 spiro atoms. The van der Waals surface area contributed by atoms with Crippen molar-refractivity contribution in [3.05, 3.63) is 45.5 Å². The van der Waals surface area contributed by atoms with Crippen molar-refractivity contribution in [2.75, 3.05) is 6.61 Å². The van der Waals surface area contributed by atoms with E-state index in [-0.39, 0.29) is 23.3 Å². The van der Waals surface area contributed by atoms with Gasteiger partial charge in [0.25, 0.3) is 6.47 Å². The third kappa shape index (κ3) is 3.44. The molecular formula is C22H24O13. The van der Waals surface area contributed by atoms with Crippen molar-refractivity contribution in [2.45, 2.75) is 49.3 Å². The Morgan fingerprint density at radius 2 is 1.57 bits per heavy atom. The molecule has 1 heterocycles. The SMILES string of the molecule is Cc1cc(OC=O)cc2c1C(O)c1c(O)c([C@]3(O)O[C@@H](CO)[C@H](O)[C@@H](O)[C@@H]3O)c(O)c(O)c1C2O. The van der Waals surface area contributed by atoms with Crippen LogP contribution in [0.25, 0.3) is 0 Å². The number of carbonyl (C=O) groups excluding carboxylic acids is 1. The van der Waals surface area contributed by atoms with E-state index in [1.807, 2.05) is 0 Å². The molecule has 0 radical (unpaired) electrons. The fourth-order valence-electron chi connectivity index (χ4n) is 4.82. The van der Waals surface area contributed by atoms with Crippen LogP contribution >= 0.6 is 0 Å². The molecule has 13 heteroatoms. The number of aromatic hydroxyl groups is 3. The van der Waals surface area contributed by atoms with Crippen LogP contribution in [0, 0.1) is 6.92 Å². The van der Waals surface area contributed by atoms with Gasteiger partial charge in [0, 0.05) is 11.1 Å². The van der Waals surface area contributed by atoms with Crippen molar-refractivity contribution >= 4 is 6.47 Å². The van der Waals surface area contributed by atoms with E-state index >= 15 is 0 Å². The Balaban J connectivity index is 1.97. The van der Waals surface area contributed by atoms with Crippen LogP contribution in [0.5, 0.6) is 23.0 Å². The van der Waals surface area contributed by atoms with E-state index in [9.17, 15) is 55.9 Å². The van der Waals surface area contributed by atoms with E-state index in [0.29, 0.717) is 5.56 Å². The van der Waals surface area contributed by atoms with Gasteiger partial charge < -0.3 is 60.5 Å². The summed E-state index contributed by atoms with van der Waals surface area (Å²) in [6, 6.07) is 2.57. The molecule has 4 rings (SSSR count). The van der Waals surface area contributed by atoms with Gasteiger partial charge >= 0.3 is 0 Å². The maximum atomic E-state index is 11.1. The van der Waals surface area contributed by atoms with Crippen LogP contribution in [0.15, 0.2) is 12.1 Å². The van der Waals surface area contributed by atoms with Gasteiger partial charge in [-0.2, -0.15) is 0 Å². The van der Waals surface area contributed by atoms with Gasteiger partial charge in [-0.25, -0.2) is 0 Å². The first-order chi connectivity index (χ1) is 16.4. The molecule has 35 heavy (non-hydrogen) atoms. The van der Waals surface area contributed by atoms with E-state index in [1.54, 1.807) is 0 Å². The first kappa shape index (κ1) is 25.1. The van der Waals surface area contributed by atoms with Crippen molar-refractivity contribution < 1.29 is 65.3 Å². The second-order valence-electron chi connectivity index (χ2n) is 8.47.